The number of nitrogens with zero attached hydrogens (tertiary/aromatic N) is 3. The summed E-state index contributed by atoms with van der Waals surface area (Å²) < 4.78 is 15.6. The number of nitrogens with one attached hydrogen (secondary N) is 2. The number of fused-ring (bicyclic) bond motifs is 1. The molecule has 4 rings (SSSR count). The minimum Gasteiger partial charge on any atom is -0.497 e. The third-order valence-electron chi connectivity index (χ3n) is 4.82. The van der Waals surface area contributed by atoms with Crippen molar-refractivity contribution >= 4 is 40.0 Å². The monoisotopic (exact) mass is 463 g/mol. The third kappa shape index (κ3) is 4.85. The molecule has 2 N–H and O–H groups in total. The van der Waals surface area contributed by atoms with Crippen molar-refractivity contribution in [2.45, 2.75) is 0 Å². The Morgan fingerprint density at radius 1 is 0.848 bits per heavy atom. The fourth-order valence-corrected chi connectivity index (χ4v) is 3.35. The molecule has 0 saturated carbocycles. The van der Waals surface area contributed by atoms with Gasteiger partial charge in [0, 0.05) is 11.8 Å². The average molecular weight is 464 g/mol. The van der Waals surface area contributed by atoms with Gasteiger partial charge in [-0.25, -0.2) is 0 Å². The number of anilines is 1. The van der Waals surface area contributed by atoms with E-state index in [1.54, 1.807) is 43.3 Å². The van der Waals surface area contributed by atoms with E-state index in [2.05, 4.69) is 20.8 Å². The van der Waals surface area contributed by atoms with Gasteiger partial charge in [-0.05, 0) is 66.8 Å². The molecule has 33 heavy (non-hydrogen) atoms. The molecule has 0 unspecified atom stereocenters. The summed E-state index contributed by atoms with van der Waals surface area (Å²) in [5, 5.41) is 14.8. The van der Waals surface area contributed by atoms with Gasteiger partial charge in [0.25, 0.3) is 5.91 Å². The summed E-state index contributed by atoms with van der Waals surface area (Å²) in [6.45, 7) is 0. The molecule has 4 aromatic rings. The number of benzene rings is 3. The van der Waals surface area contributed by atoms with E-state index in [1.807, 2.05) is 36.4 Å². The first-order chi connectivity index (χ1) is 16.0. The molecule has 168 valence electrons. The van der Waals surface area contributed by atoms with Crippen LogP contribution in [0.5, 0.6) is 17.2 Å². The second-order valence-corrected chi connectivity index (χ2v) is 7.27. The van der Waals surface area contributed by atoms with Crippen molar-refractivity contribution < 1.29 is 19.0 Å². The summed E-state index contributed by atoms with van der Waals surface area (Å²) in [6.07, 6.45) is 0. The fourth-order valence-electron chi connectivity index (χ4n) is 3.14. The molecule has 0 aliphatic heterocycles. The van der Waals surface area contributed by atoms with Crippen LogP contribution in [0.2, 0.25) is 0 Å². The first-order valence-electron chi connectivity index (χ1n) is 9.86. The molecule has 0 radical (unpaired) electrons. The molecule has 0 aliphatic carbocycles. The van der Waals surface area contributed by atoms with Crippen LogP contribution in [-0.4, -0.2) is 47.3 Å². The van der Waals surface area contributed by atoms with Crippen LogP contribution in [0.25, 0.3) is 16.7 Å². The summed E-state index contributed by atoms with van der Waals surface area (Å²) in [5.41, 5.74) is 3.19. The van der Waals surface area contributed by atoms with E-state index < -0.39 is 5.91 Å². The number of amides is 1. The van der Waals surface area contributed by atoms with E-state index in [1.165, 1.54) is 7.11 Å². The van der Waals surface area contributed by atoms with Crippen LogP contribution in [0.4, 0.5) is 5.69 Å². The van der Waals surface area contributed by atoms with Gasteiger partial charge >= 0.3 is 0 Å². The highest BCUT2D eigenvalue weighted by Crippen LogP contribution is 2.24. The Hall–Kier alpha value is -4.18. The number of carbonyl (C=O) groups is 1. The van der Waals surface area contributed by atoms with Crippen LogP contribution in [-0.2, 0) is 0 Å². The molecule has 1 heterocycles. The molecule has 0 fully saturated rings. The van der Waals surface area contributed by atoms with E-state index >= 15 is 0 Å². The number of thiocarbonyl (C=S) groups is 1. The Kier molecular flexibility index (Phi) is 6.36. The number of methoxy groups -OCH3 is 3. The summed E-state index contributed by atoms with van der Waals surface area (Å²) in [6, 6.07) is 17.8. The van der Waals surface area contributed by atoms with E-state index in [-0.39, 0.29) is 5.11 Å². The lowest BCUT2D eigenvalue weighted by Gasteiger charge is -2.12. The normalized spacial score (nSPS) is 10.5. The second kappa shape index (κ2) is 9.53. The van der Waals surface area contributed by atoms with Gasteiger partial charge < -0.3 is 19.5 Å². The highest BCUT2D eigenvalue weighted by atomic mass is 32.1. The van der Waals surface area contributed by atoms with Crippen molar-refractivity contribution in [2.75, 3.05) is 26.6 Å². The lowest BCUT2D eigenvalue weighted by molar-refractivity contribution is 0.0974. The Balaban J connectivity index is 1.47. The Morgan fingerprint density at radius 2 is 1.55 bits per heavy atom. The fraction of sp³-hybridized carbons (Fsp3) is 0.130. The summed E-state index contributed by atoms with van der Waals surface area (Å²) in [7, 11) is 4.64. The van der Waals surface area contributed by atoms with Crippen LogP contribution in [0.3, 0.4) is 0 Å². The largest absolute Gasteiger partial charge is 0.497 e. The smallest absolute Gasteiger partial charge is 0.261 e. The zero-order valence-electron chi connectivity index (χ0n) is 18.2. The minimum absolute atomic E-state index is 0.139. The predicted octanol–water partition coefficient (Wildman–Crippen LogP) is 3.57. The number of aromatic nitrogens is 3. The molecule has 1 aromatic heterocycles. The first-order valence-corrected chi connectivity index (χ1v) is 10.3. The highest BCUT2D eigenvalue weighted by Gasteiger charge is 2.15. The molecule has 0 spiro atoms. The van der Waals surface area contributed by atoms with Gasteiger partial charge in [0.05, 0.1) is 32.6 Å². The number of ether oxygens (including phenoxy) is 3. The maximum absolute atomic E-state index is 12.6. The SMILES string of the molecule is COc1ccc(-n2nc3ccc(NC(=S)NC(=O)c4ccc(OC)cc4OC)cc3n2)cc1. The first kappa shape index (κ1) is 22.0. The van der Waals surface area contributed by atoms with Crippen molar-refractivity contribution in [3.63, 3.8) is 0 Å². The number of rotatable bonds is 6. The molecule has 1 amide bonds. The van der Waals surface area contributed by atoms with Crippen LogP contribution in [0, 0.1) is 0 Å². The van der Waals surface area contributed by atoms with Gasteiger partial charge in [0.15, 0.2) is 5.11 Å². The van der Waals surface area contributed by atoms with Gasteiger partial charge in [-0.1, -0.05) is 0 Å². The topological polar surface area (TPSA) is 99.5 Å². The molecule has 3 aromatic carbocycles. The Morgan fingerprint density at radius 3 is 2.24 bits per heavy atom. The summed E-state index contributed by atoms with van der Waals surface area (Å²) in [5.74, 6) is 1.31. The summed E-state index contributed by atoms with van der Waals surface area (Å²) in [4.78, 5) is 14.2. The predicted molar refractivity (Wildman–Crippen MR) is 129 cm³/mol. The van der Waals surface area contributed by atoms with Crippen LogP contribution < -0.4 is 24.8 Å². The highest BCUT2D eigenvalue weighted by molar-refractivity contribution is 7.80. The standard InChI is InChI=1S/C23H21N5O4S/c1-30-16-7-5-15(6-8-16)28-26-19-11-4-14(12-20(19)27-28)24-23(33)25-22(29)18-10-9-17(31-2)13-21(18)32-3/h4-13H,1-3H3,(H2,24,25,29,33). The zero-order valence-corrected chi connectivity index (χ0v) is 19.0. The van der Waals surface area contributed by atoms with Crippen molar-refractivity contribution in [3.05, 3.63) is 66.2 Å². The van der Waals surface area contributed by atoms with Gasteiger partial charge in [-0.3, -0.25) is 10.1 Å². The van der Waals surface area contributed by atoms with Crippen molar-refractivity contribution in [1.82, 2.24) is 20.3 Å². The maximum atomic E-state index is 12.6. The lowest BCUT2D eigenvalue weighted by atomic mass is 10.2. The third-order valence-corrected chi connectivity index (χ3v) is 5.03. The molecule has 0 saturated heterocycles. The van der Waals surface area contributed by atoms with Crippen LogP contribution in [0.15, 0.2) is 60.7 Å². The van der Waals surface area contributed by atoms with E-state index in [4.69, 9.17) is 26.4 Å². The van der Waals surface area contributed by atoms with Gasteiger partial charge in [-0.2, -0.15) is 4.80 Å². The van der Waals surface area contributed by atoms with Gasteiger partial charge in [0.1, 0.15) is 28.3 Å². The number of hydrogen-bond donors (Lipinski definition) is 2. The van der Waals surface area contributed by atoms with Crippen molar-refractivity contribution in [3.8, 4) is 22.9 Å². The molecule has 0 atom stereocenters. The Labute approximate surface area is 195 Å². The zero-order chi connectivity index (χ0) is 23.4. The molecule has 10 heteroatoms. The molecule has 0 bridgehead atoms. The summed E-state index contributed by atoms with van der Waals surface area (Å²) >= 11 is 5.31. The van der Waals surface area contributed by atoms with Crippen LogP contribution >= 0.6 is 12.2 Å². The van der Waals surface area contributed by atoms with Crippen LogP contribution in [0.1, 0.15) is 10.4 Å². The lowest BCUT2D eigenvalue weighted by Crippen LogP contribution is -2.34. The molecule has 0 aliphatic rings. The minimum atomic E-state index is -0.404. The quantitative estimate of drug-likeness (QED) is 0.419. The van der Waals surface area contributed by atoms with Crippen molar-refractivity contribution in [1.29, 1.82) is 0 Å². The van der Waals surface area contributed by atoms with E-state index in [9.17, 15) is 4.79 Å². The molecular formula is C23H21N5O4S. The van der Waals surface area contributed by atoms with Crippen molar-refractivity contribution in [2.24, 2.45) is 0 Å². The van der Waals surface area contributed by atoms with E-state index in [0.29, 0.717) is 33.8 Å². The number of hydrogen-bond acceptors (Lipinski definition) is 7. The number of carbonyl (C=O) groups excluding carboxylic acids is 1. The molecular weight excluding hydrogens is 442 g/mol. The molecule has 9 nitrogen and oxygen atoms in total. The van der Waals surface area contributed by atoms with Gasteiger partial charge in [-0.15, -0.1) is 10.2 Å². The second-order valence-electron chi connectivity index (χ2n) is 6.87. The van der Waals surface area contributed by atoms with Gasteiger partial charge in [0.2, 0.25) is 0 Å². The van der Waals surface area contributed by atoms with E-state index in [0.717, 1.165) is 11.4 Å². The Bertz CT molecular complexity index is 1320. The maximum Gasteiger partial charge on any atom is 0.261 e. The average Bonchev–Trinajstić information content (AvgIpc) is 3.27.